The molecule has 8 nitrogen and oxygen atoms in total. The zero-order valence-corrected chi connectivity index (χ0v) is 36.4. The fourth-order valence-electron chi connectivity index (χ4n) is 9.24. The van der Waals surface area contributed by atoms with Crippen molar-refractivity contribution in [2.45, 2.75) is 0 Å². The molecule has 0 radical (unpaired) electrons. The maximum absolute atomic E-state index is 6.51. The van der Waals surface area contributed by atoms with E-state index >= 15 is 0 Å². The molecule has 0 fully saturated rings. The van der Waals surface area contributed by atoms with Crippen LogP contribution in [0.25, 0.3) is 129 Å². The summed E-state index contributed by atoms with van der Waals surface area (Å²) in [4.78, 5) is 30.6. The molecule has 0 atom stereocenters. The van der Waals surface area contributed by atoms with E-state index in [9.17, 15) is 0 Å². The number of rotatable bonds is 8. The smallest absolute Gasteiger partial charge is 0.238 e. The molecule has 0 saturated carbocycles. The van der Waals surface area contributed by atoms with Crippen LogP contribution in [0.15, 0.2) is 229 Å². The maximum atomic E-state index is 6.51. The van der Waals surface area contributed by atoms with Gasteiger partial charge in [-0.25, -0.2) is 19.9 Å². The number of furan rings is 1. The van der Waals surface area contributed by atoms with Gasteiger partial charge in [0.2, 0.25) is 5.95 Å². The molecule has 0 bridgehead atoms. The van der Waals surface area contributed by atoms with Gasteiger partial charge in [0.1, 0.15) is 11.2 Å². The van der Waals surface area contributed by atoms with E-state index in [1.54, 1.807) is 0 Å². The summed E-state index contributed by atoms with van der Waals surface area (Å²) in [7, 11) is 0. The van der Waals surface area contributed by atoms with Gasteiger partial charge in [-0.05, 0) is 52.6 Å². The molecule has 0 aliphatic heterocycles. The third kappa shape index (κ3) is 6.87. The lowest BCUT2D eigenvalue weighted by atomic mass is 9.99. The highest BCUT2D eigenvalue weighted by molar-refractivity contribution is 6.13. The molecule has 68 heavy (non-hydrogen) atoms. The molecule has 8 heteroatoms. The second-order valence-electron chi connectivity index (χ2n) is 16.7. The van der Waals surface area contributed by atoms with Crippen molar-refractivity contribution in [2.24, 2.45) is 0 Å². The van der Waals surface area contributed by atoms with Crippen molar-refractivity contribution < 1.29 is 4.42 Å². The van der Waals surface area contributed by atoms with Gasteiger partial charge in [-0.3, -0.25) is 4.57 Å². The van der Waals surface area contributed by atoms with Crippen LogP contribution in [0.2, 0.25) is 0 Å². The van der Waals surface area contributed by atoms with Crippen molar-refractivity contribution in [3.63, 3.8) is 0 Å². The minimum Gasteiger partial charge on any atom is -0.456 e. The van der Waals surface area contributed by atoms with Crippen LogP contribution in [0.5, 0.6) is 0 Å². The van der Waals surface area contributed by atoms with Gasteiger partial charge in [0.25, 0.3) is 0 Å². The van der Waals surface area contributed by atoms with Crippen LogP contribution in [-0.2, 0) is 0 Å². The molecule has 0 unspecified atom stereocenters. The molecular weight excluding hydrogens is 835 g/mol. The van der Waals surface area contributed by atoms with Gasteiger partial charge < -0.3 is 4.42 Å². The van der Waals surface area contributed by atoms with Crippen molar-refractivity contribution in [3.8, 4) is 85.1 Å². The van der Waals surface area contributed by atoms with Gasteiger partial charge in [0, 0.05) is 49.4 Å². The second kappa shape index (κ2) is 16.2. The second-order valence-corrected chi connectivity index (χ2v) is 16.7. The Morgan fingerprint density at radius 2 is 0.691 bits per heavy atom. The molecule has 4 aromatic heterocycles. The summed E-state index contributed by atoms with van der Waals surface area (Å²) in [6.45, 7) is 0. The number of benzene rings is 9. The van der Waals surface area contributed by atoms with E-state index in [0.29, 0.717) is 35.1 Å². The highest BCUT2D eigenvalue weighted by Gasteiger charge is 2.20. The molecule has 0 saturated heterocycles. The monoisotopic (exact) mass is 871 g/mol. The van der Waals surface area contributed by atoms with Crippen LogP contribution < -0.4 is 0 Å². The lowest BCUT2D eigenvalue weighted by Gasteiger charge is -2.11. The molecule has 9 aromatic carbocycles. The number of hydrogen-bond acceptors (Lipinski definition) is 7. The van der Waals surface area contributed by atoms with Crippen LogP contribution in [0, 0.1) is 0 Å². The summed E-state index contributed by atoms with van der Waals surface area (Å²) in [6.07, 6.45) is 0. The average molecular weight is 872 g/mol. The van der Waals surface area contributed by atoms with Crippen LogP contribution in [0.1, 0.15) is 0 Å². The largest absolute Gasteiger partial charge is 0.456 e. The van der Waals surface area contributed by atoms with Crippen LogP contribution in [0.3, 0.4) is 0 Å². The highest BCUT2D eigenvalue weighted by Crippen LogP contribution is 2.39. The average Bonchev–Trinajstić information content (AvgIpc) is 3.97. The van der Waals surface area contributed by atoms with E-state index in [-0.39, 0.29) is 0 Å². The Hall–Kier alpha value is -9.40. The summed E-state index contributed by atoms with van der Waals surface area (Å²) < 4.78 is 8.65. The molecule has 0 aliphatic rings. The van der Waals surface area contributed by atoms with Crippen molar-refractivity contribution in [3.05, 3.63) is 224 Å². The number of aromatic nitrogens is 7. The van der Waals surface area contributed by atoms with Gasteiger partial charge in [0.05, 0.1) is 11.0 Å². The standard InChI is InChI=1S/C60H37N7O/c1-4-15-38(16-5-1)39-27-31-43(32-28-39)56-61-55(41-17-6-2-7-18-41)63-59(64-56)48-23-14-26-53-54(48)49-37-45(35-36-52(49)68-53)40-29-33-44(34-30-40)58-62-57(42-19-8-3-9-20-42)65-60(66-58)67-50-24-12-10-21-46(50)47-22-11-13-25-51(47)67/h1-37H. The third-order valence-electron chi connectivity index (χ3n) is 12.6. The van der Waals surface area contributed by atoms with Crippen LogP contribution >= 0.6 is 0 Å². The van der Waals surface area contributed by atoms with Gasteiger partial charge in [-0.2, -0.15) is 9.97 Å². The molecule has 13 rings (SSSR count). The molecular formula is C60H37N7O. The molecule has 0 spiro atoms. The Bertz CT molecular complexity index is 3950. The Morgan fingerprint density at radius 1 is 0.279 bits per heavy atom. The molecule has 0 amide bonds. The van der Waals surface area contributed by atoms with E-state index in [1.807, 2.05) is 84.9 Å². The van der Waals surface area contributed by atoms with Gasteiger partial charge >= 0.3 is 0 Å². The molecule has 13 aromatic rings. The fourth-order valence-corrected chi connectivity index (χ4v) is 9.24. The number of para-hydroxylation sites is 2. The minimum atomic E-state index is 0.561. The SMILES string of the molecule is c1ccc(-c2ccc(-c3nc(-c4ccccc4)nc(-c4cccc5oc6ccc(-c7ccc(-c8nc(-c9ccccc9)nc(-n9c%10ccccc%10c%10ccccc%109)n8)cc7)cc6c45)n3)cc2)cc1. The number of fused-ring (bicyclic) bond motifs is 6. The van der Waals surface area contributed by atoms with Crippen LogP contribution in [0.4, 0.5) is 0 Å². The van der Waals surface area contributed by atoms with E-state index in [4.69, 9.17) is 34.3 Å². The highest BCUT2D eigenvalue weighted by atomic mass is 16.3. The van der Waals surface area contributed by atoms with Gasteiger partial charge in [-0.1, -0.05) is 194 Å². The summed E-state index contributed by atoms with van der Waals surface area (Å²) in [5, 5.41) is 4.19. The first-order chi connectivity index (χ1) is 33.7. The first kappa shape index (κ1) is 39.0. The molecule has 318 valence electrons. The van der Waals surface area contributed by atoms with Crippen molar-refractivity contribution in [1.29, 1.82) is 0 Å². The summed E-state index contributed by atoms with van der Waals surface area (Å²) >= 11 is 0. The zero-order chi connectivity index (χ0) is 45.0. The lowest BCUT2D eigenvalue weighted by molar-refractivity contribution is 0.669. The Morgan fingerprint density at radius 3 is 1.25 bits per heavy atom. The van der Waals surface area contributed by atoms with E-state index in [1.165, 1.54) is 0 Å². The molecule has 0 aliphatic carbocycles. The van der Waals surface area contributed by atoms with E-state index in [2.05, 4.69) is 144 Å². The van der Waals surface area contributed by atoms with Gasteiger partial charge in [0.15, 0.2) is 29.1 Å². The van der Waals surface area contributed by atoms with Crippen LogP contribution in [-0.4, -0.2) is 34.5 Å². The predicted molar refractivity (Wildman–Crippen MR) is 273 cm³/mol. The Balaban J connectivity index is 0.902. The number of nitrogens with zero attached hydrogens (tertiary/aromatic N) is 7. The Kier molecular flexibility index (Phi) is 9.31. The molecule has 4 heterocycles. The fraction of sp³-hybridized carbons (Fsp3) is 0. The van der Waals surface area contributed by atoms with Gasteiger partial charge in [-0.15, -0.1) is 0 Å². The van der Waals surface area contributed by atoms with E-state index < -0.39 is 0 Å². The summed E-state index contributed by atoms with van der Waals surface area (Å²) in [5.74, 6) is 3.51. The zero-order valence-electron chi connectivity index (χ0n) is 36.4. The van der Waals surface area contributed by atoms with E-state index in [0.717, 1.165) is 93.8 Å². The summed E-state index contributed by atoms with van der Waals surface area (Å²) in [5.41, 5.74) is 12.4. The van der Waals surface area contributed by atoms with Crippen molar-refractivity contribution >= 4 is 43.7 Å². The predicted octanol–water partition coefficient (Wildman–Crippen LogP) is 14.7. The topological polar surface area (TPSA) is 95.4 Å². The molecule has 0 N–H and O–H groups in total. The van der Waals surface area contributed by atoms with Crippen molar-refractivity contribution in [2.75, 3.05) is 0 Å². The Labute approximate surface area is 390 Å². The minimum absolute atomic E-state index is 0.561. The van der Waals surface area contributed by atoms with Crippen molar-refractivity contribution in [1.82, 2.24) is 34.5 Å². The number of hydrogen-bond donors (Lipinski definition) is 0. The summed E-state index contributed by atoms with van der Waals surface area (Å²) in [6, 6.07) is 76.5. The maximum Gasteiger partial charge on any atom is 0.238 e. The lowest BCUT2D eigenvalue weighted by Crippen LogP contribution is -2.06. The third-order valence-corrected chi connectivity index (χ3v) is 12.6. The normalized spacial score (nSPS) is 11.5. The first-order valence-electron chi connectivity index (χ1n) is 22.5. The first-order valence-corrected chi connectivity index (χ1v) is 22.5. The quantitative estimate of drug-likeness (QED) is 0.150.